The van der Waals surface area contributed by atoms with Crippen LogP contribution in [0.25, 0.3) is 0 Å². The molecule has 0 bridgehead atoms. The van der Waals surface area contributed by atoms with Crippen LogP contribution < -0.4 is 36.0 Å². The minimum absolute atomic E-state index is 0.0201. The van der Waals surface area contributed by atoms with Crippen LogP contribution in [-0.4, -0.2) is 243 Å². The van der Waals surface area contributed by atoms with E-state index in [0.717, 1.165) is 30.9 Å². The predicted octanol–water partition coefficient (Wildman–Crippen LogP) is -2.44. The number of aryl methyl sites for hydroxylation is 4. The second-order valence-corrected chi connectivity index (χ2v) is 22.5. The fraction of sp³-hybridized carbons (Fsp3) is 0.612. The van der Waals surface area contributed by atoms with Crippen molar-refractivity contribution in [2.75, 3.05) is 123 Å². The number of hydrogen-bond donors (Lipinski definition) is 11. The average molecular weight is 1170 g/mol. The fourth-order valence-corrected chi connectivity index (χ4v) is 11.0. The molecule has 1 aromatic carbocycles. The quantitative estimate of drug-likeness (QED) is 0.0276. The van der Waals surface area contributed by atoms with Crippen LogP contribution >= 0.6 is 0 Å². The van der Waals surface area contributed by atoms with Crippen molar-refractivity contribution in [2.45, 2.75) is 82.2 Å². The normalized spacial score (nSPS) is 16.1. The molecule has 0 saturated carbocycles. The second kappa shape index (κ2) is 32.7. The van der Waals surface area contributed by atoms with Crippen LogP contribution in [0.1, 0.15) is 60.9 Å². The number of carboxylic acids is 4. The zero-order chi connectivity index (χ0) is 59.0. The zero-order valence-electron chi connectivity index (χ0n) is 44.9. The van der Waals surface area contributed by atoms with Crippen LogP contribution in [0.5, 0.6) is 5.75 Å². The largest absolute Gasteiger partial charge is 0.494 e. The summed E-state index contributed by atoms with van der Waals surface area (Å²) >= 11 is 0. The van der Waals surface area contributed by atoms with Gasteiger partial charge in [-0.3, -0.25) is 62.5 Å². The summed E-state index contributed by atoms with van der Waals surface area (Å²) in [6.07, 6.45) is 4.17. The highest BCUT2D eigenvalue weighted by molar-refractivity contribution is 8.01. The van der Waals surface area contributed by atoms with Crippen LogP contribution in [0, 0.1) is 13.8 Å². The van der Waals surface area contributed by atoms with Gasteiger partial charge in [0, 0.05) is 104 Å². The van der Waals surface area contributed by atoms with Gasteiger partial charge in [0.2, 0.25) is 27.7 Å². The molecular formula is C49H75N11O18S2. The Labute approximate surface area is 464 Å². The Bertz CT molecular complexity index is 2660. The molecule has 3 heterocycles. The number of aliphatic carboxylic acids is 4. The monoisotopic (exact) mass is 1170 g/mol. The van der Waals surface area contributed by atoms with E-state index in [0.29, 0.717) is 19.3 Å². The number of fused-ring (bicyclic) bond motifs is 1. The summed E-state index contributed by atoms with van der Waals surface area (Å²) in [5, 5.41) is 49.9. The molecule has 1 aromatic heterocycles. The van der Waals surface area contributed by atoms with Gasteiger partial charge in [-0.15, -0.1) is 0 Å². The first kappa shape index (κ1) is 66.1. The standard InChI is InChI=1S/C49H75N11O18S2/c1-33-25-37(26-34(2)46(33)79(73,74)56-38(48(70)71)28-53-41(62)9-4-3-8-36-12-11-35-7-5-13-52-47(35)54-36)78-24-6-10-40(61)51-15-14-50-27-39(49(72)80(75,76)77)55-42(63)29-57-16-18-58(30-43(64)65)20-22-60(32-45(68)69)23-21-59(19-17-57)31-44(66)67/h11-12,25-26,38-39,50,56H,3-10,13-24,27-32H2,1-2H3,(H,51,61)(H,52,54)(H,53,62)(H,55,63)(H,64,65)(H,66,67)(H,68,69)(H,70,71)(H,75,76,77)/t38-,39+/m0/s1. The molecule has 11 N–H and O–H groups in total. The van der Waals surface area contributed by atoms with Gasteiger partial charge in [-0.1, -0.05) is 6.07 Å². The van der Waals surface area contributed by atoms with Gasteiger partial charge in [-0.2, -0.15) is 13.1 Å². The number of carbonyl (C=O) groups is 8. The first-order valence-corrected chi connectivity index (χ1v) is 29.0. The first-order valence-electron chi connectivity index (χ1n) is 26.1. The summed E-state index contributed by atoms with van der Waals surface area (Å²) in [7, 11) is -9.71. The fourth-order valence-electron chi connectivity index (χ4n) is 8.90. The van der Waals surface area contributed by atoms with E-state index < -0.39 is 112 Å². The highest BCUT2D eigenvalue weighted by Crippen LogP contribution is 2.26. The number of benzene rings is 1. The van der Waals surface area contributed by atoms with Gasteiger partial charge in [0.25, 0.3) is 5.12 Å². The molecule has 0 radical (unpaired) electrons. The molecule has 2 atom stereocenters. The number of unbranched alkanes of at least 4 members (excludes halogenated alkanes) is 1. The predicted molar refractivity (Wildman–Crippen MR) is 287 cm³/mol. The number of amides is 3. The van der Waals surface area contributed by atoms with Crippen LogP contribution in [-0.2, 0) is 71.3 Å². The van der Waals surface area contributed by atoms with Gasteiger partial charge in [-0.25, -0.2) is 13.4 Å². The van der Waals surface area contributed by atoms with Gasteiger partial charge in [0.15, 0.2) is 0 Å². The van der Waals surface area contributed by atoms with E-state index in [9.17, 15) is 80.2 Å². The lowest BCUT2D eigenvalue weighted by molar-refractivity contribution is -0.140. The SMILES string of the molecule is Cc1cc(OCCCC(=O)NCCNC[C@@H](NC(=O)CN2CCN(CC(=O)O)CCN(CC(=O)O)CCN(CC(=O)O)CC2)C(=O)S(=O)(=O)O)cc(C)c1S(=O)(=O)N[C@@H](CNC(=O)CCCCc1ccc2c(n1)NCCC2)C(=O)O. The maximum Gasteiger partial charge on any atom is 0.330 e. The number of nitrogens with zero attached hydrogens (tertiary/aromatic N) is 5. The van der Waals surface area contributed by atoms with Crippen molar-refractivity contribution in [3.8, 4) is 5.75 Å². The van der Waals surface area contributed by atoms with E-state index in [1.165, 1.54) is 41.3 Å². The summed E-state index contributed by atoms with van der Waals surface area (Å²) in [5.74, 6) is -5.46. The van der Waals surface area contributed by atoms with Gasteiger partial charge in [0.1, 0.15) is 23.7 Å². The Morgan fingerprint density at radius 1 is 0.675 bits per heavy atom. The molecule has 80 heavy (non-hydrogen) atoms. The molecule has 2 aliphatic rings. The number of rotatable bonds is 31. The lowest BCUT2D eigenvalue weighted by Crippen LogP contribution is -2.54. The highest BCUT2D eigenvalue weighted by Gasteiger charge is 2.32. The molecular weight excluding hydrogens is 1090 g/mol. The minimum Gasteiger partial charge on any atom is -0.494 e. The number of carboxylic acid groups (broad SMARTS) is 4. The summed E-state index contributed by atoms with van der Waals surface area (Å²) in [5.41, 5.74) is 2.56. The lowest BCUT2D eigenvalue weighted by atomic mass is 10.1. The van der Waals surface area contributed by atoms with Crippen molar-refractivity contribution < 1.29 is 84.9 Å². The van der Waals surface area contributed by atoms with E-state index >= 15 is 0 Å². The minimum atomic E-state index is -5.30. The van der Waals surface area contributed by atoms with Crippen LogP contribution in [0.15, 0.2) is 29.2 Å². The molecule has 31 heteroatoms. The Hall–Kier alpha value is -6.45. The lowest BCUT2D eigenvalue weighted by Gasteiger charge is -2.33. The molecule has 1 fully saturated rings. The third-order valence-corrected chi connectivity index (χ3v) is 15.4. The Kier molecular flexibility index (Phi) is 27.0. The van der Waals surface area contributed by atoms with Gasteiger partial charge in [-0.05, 0) is 87.3 Å². The third kappa shape index (κ3) is 24.1. The number of anilines is 1. The Morgan fingerprint density at radius 3 is 1.75 bits per heavy atom. The number of carbonyl (C=O) groups excluding carboxylic acids is 4. The van der Waals surface area contributed by atoms with Crippen LogP contribution in [0.4, 0.5) is 5.82 Å². The van der Waals surface area contributed by atoms with Gasteiger partial charge in [0.05, 0.1) is 37.7 Å². The number of pyridine rings is 1. The number of aromatic nitrogens is 1. The number of ether oxygens (including phenoxy) is 1. The average Bonchev–Trinajstić information content (AvgIpc) is 3.47. The smallest absolute Gasteiger partial charge is 0.330 e. The van der Waals surface area contributed by atoms with Crippen LogP contribution in [0.2, 0.25) is 0 Å². The topological polar surface area (TPSA) is 413 Å². The van der Waals surface area contributed by atoms with E-state index in [4.69, 9.17) is 4.74 Å². The van der Waals surface area contributed by atoms with E-state index in [2.05, 4.69) is 42.4 Å². The van der Waals surface area contributed by atoms with Gasteiger partial charge >= 0.3 is 34.0 Å². The van der Waals surface area contributed by atoms with Crippen molar-refractivity contribution in [3.63, 3.8) is 0 Å². The molecule has 2 aliphatic heterocycles. The molecule has 0 spiro atoms. The molecule has 0 aliphatic carbocycles. The first-order chi connectivity index (χ1) is 37.8. The molecule has 1 saturated heterocycles. The maximum atomic E-state index is 13.5. The van der Waals surface area contributed by atoms with Crippen molar-refractivity contribution in [1.29, 1.82) is 0 Å². The molecule has 3 amide bonds. The van der Waals surface area contributed by atoms with E-state index in [1.54, 1.807) is 9.80 Å². The summed E-state index contributed by atoms with van der Waals surface area (Å²) in [4.78, 5) is 109. The molecule has 2 aromatic rings. The van der Waals surface area contributed by atoms with Crippen molar-refractivity contribution >= 4 is 72.7 Å². The van der Waals surface area contributed by atoms with Gasteiger partial charge < -0.3 is 51.7 Å². The summed E-state index contributed by atoms with van der Waals surface area (Å²) in [6, 6.07) is 3.46. The van der Waals surface area contributed by atoms with E-state index in [-0.39, 0.29) is 120 Å². The Morgan fingerprint density at radius 2 is 1.21 bits per heavy atom. The maximum absolute atomic E-state index is 13.5. The number of hydrogen-bond acceptors (Lipinski definition) is 20. The van der Waals surface area contributed by atoms with E-state index in [1.807, 2.05) is 6.07 Å². The molecule has 4 rings (SSSR count). The molecule has 0 unspecified atom stereocenters. The summed E-state index contributed by atoms with van der Waals surface area (Å²) in [6.45, 7) is 2.02. The van der Waals surface area contributed by atoms with Crippen LogP contribution in [0.3, 0.4) is 0 Å². The highest BCUT2D eigenvalue weighted by atomic mass is 32.2. The third-order valence-electron chi connectivity index (χ3n) is 12.9. The van der Waals surface area contributed by atoms with Crippen molar-refractivity contribution in [3.05, 3.63) is 46.6 Å². The van der Waals surface area contributed by atoms with Crippen molar-refractivity contribution in [2.24, 2.45) is 0 Å². The Balaban J connectivity index is 1.20. The zero-order valence-corrected chi connectivity index (χ0v) is 46.6. The second-order valence-electron chi connectivity index (χ2n) is 19.5. The number of sulfonamides is 1. The molecule has 29 nitrogen and oxygen atoms in total. The van der Waals surface area contributed by atoms with Crippen molar-refractivity contribution in [1.82, 2.24) is 50.6 Å². The molecule has 446 valence electrons. The summed E-state index contributed by atoms with van der Waals surface area (Å²) < 4.78 is 68.3. The number of nitrogens with one attached hydrogen (secondary N) is 6.